The molecule has 0 bridgehead atoms. The topological polar surface area (TPSA) is 146 Å². The third kappa shape index (κ3) is 5.75. The molecule has 0 saturated heterocycles. The number of benzene rings is 1. The van der Waals surface area contributed by atoms with Crippen LogP contribution < -0.4 is 10.5 Å². The summed E-state index contributed by atoms with van der Waals surface area (Å²) in [6.45, 7) is 6.71. The van der Waals surface area contributed by atoms with Crippen molar-refractivity contribution >= 4 is 33.4 Å². The van der Waals surface area contributed by atoms with Crippen LogP contribution in [0.5, 0.6) is 0 Å². The van der Waals surface area contributed by atoms with Crippen molar-refractivity contribution in [2.45, 2.75) is 38.9 Å². The first kappa shape index (κ1) is 22.3. The number of esters is 1. The van der Waals surface area contributed by atoms with Crippen LogP contribution in [0.3, 0.4) is 0 Å². The molecule has 29 heavy (non-hydrogen) atoms. The molecule has 156 valence electrons. The van der Waals surface area contributed by atoms with Crippen molar-refractivity contribution in [3.8, 4) is 0 Å². The Morgan fingerprint density at radius 2 is 1.66 bits per heavy atom. The number of ketones is 1. The Hall–Kier alpha value is -2.98. The van der Waals surface area contributed by atoms with Crippen LogP contribution in [0.25, 0.3) is 0 Å². The number of Topliss-reactive ketones (excluding diaryl/α,β-unsaturated/α-hetero) is 1. The summed E-state index contributed by atoms with van der Waals surface area (Å²) < 4.78 is 32.2. The number of nitrogens with two attached hydrogens (primary N) is 1. The quantitative estimate of drug-likeness (QED) is 0.536. The largest absolute Gasteiger partial charge is 0.448 e. The summed E-state index contributed by atoms with van der Waals surface area (Å²) >= 11 is 0. The highest BCUT2D eigenvalue weighted by Crippen LogP contribution is 2.19. The van der Waals surface area contributed by atoms with Crippen LogP contribution in [0.15, 0.2) is 45.9 Å². The van der Waals surface area contributed by atoms with Crippen molar-refractivity contribution in [3.05, 3.63) is 47.7 Å². The number of anilines is 1. The number of sulfonamides is 1. The molecule has 0 fully saturated rings. The van der Waals surface area contributed by atoms with Crippen LogP contribution in [0, 0.1) is 5.41 Å². The molecule has 1 amide bonds. The Bertz CT molecular complexity index is 1030. The van der Waals surface area contributed by atoms with E-state index in [1.807, 2.05) is 0 Å². The molecule has 10 heteroatoms. The lowest BCUT2D eigenvalue weighted by atomic mass is 9.95. The van der Waals surface area contributed by atoms with E-state index in [1.54, 1.807) is 32.9 Å². The summed E-state index contributed by atoms with van der Waals surface area (Å²) in [4.78, 5) is 36.5. The van der Waals surface area contributed by atoms with Crippen LogP contribution in [0.1, 0.15) is 48.6 Å². The molecule has 1 unspecified atom stereocenters. The second-order valence-electron chi connectivity index (χ2n) is 7.36. The van der Waals surface area contributed by atoms with Gasteiger partial charge in [0.15, 0.2) is 6.10 Å². The average Bonchev–Trinajstić information content (AvgIpc) is 3.11. The summed E-state index contributed by atoms with van der Waals surface area (Å²) in [5.74, 6) is -2.05. The van der Waals surface area contributed by atoms with E-state index in [4.69, 9.17) is 14.3 Å². The Morgan fingerprint density at radius 1 is 1.07 bits per heavy atom. The summed E-state index contributed by atoms with van der Waals surface area (Å²) in [6.07, 6.45) is -1.15. The first-order valence-corrected chi connectivity index (χ1v) is 10.1. The van der Waals surface area contributed by atoms with Gasteiger partial charge in [-0.15, -0.1) is 0 Å². The minimum atomic E-state index is -4.10. The molecule has 1 heterocycles. The van der Waals surface area contributed by atoms with Gasteiger partial charge in [0.05, 0.1) is 0 Å². The average molecular weight is 422 g/mol. The second-order valence-corrected chi connectivity index (χ2v) is 8.85. The Morgan fingerprint density at radius 3 is 2.14 bits per heavy atom. The van der Waals surface area contributed by atoms with Gasteiger partial charge in [-0.05, 0) is 43.3 Å². The Balaban J connectivity index is 2.03. The minimum absolute atomic E-state index is 0.170. The predicted octanol–water partition coefficient (Wildman–Crippen LogP) is 2.34. The van der Waals surface area contributed by atoms with Crippen LogP contribution in [0.4, 0.5) is 5.69 Å². The van der Waals surface area contributed by atoms with Crippen molar-refractivity contribution in [3.63, 3.8) is 0 Å². The molecule has 9 nitrogen and oxygen atoms in total. The lowest BCUT2D eigenvalue weighted by Gasteiger charge is -2.18. The number of carbonyl (C=O) groups excluding carboxylic acids is 3. The molecule has 2 rings (SSSR count). The number of furan rings is 1. The molecule has 0 saturated carbocycles. The standard InChI is InChI=1S/C19H22N2O7S/c1-11(27-17(23)14-9-10-15(28-14)29(20,25)26)16(22)12-5-7-13(8-6-12)21-18(24)19(2,3)4/h5-11H,1-4H3,(H,21,24)(H2,20,25,26). The van der Waals surface area contributed by atoms with Crippen molar-refractivity contribution < 1.29 is 32.0 Å². The lowest BCUT2D eigenvalue weighted by Crippen LogP contribution is -2.27. The van der Waals surface area contributed by atoms with E-state index in [-0.39, 0.29) is 11.5 Å². The number of carbonyl (C=O) groups is 3. The summed E-state index contributed by atoms with van der Waals surface area (Å²) in [7, 11) is -4.10. The fourth-order valence-electron chi connectivity index (χ4n) is 2.13. The molecule has 0 aliphatic rings. The molecular formula is C19H22N2O7S. The van der Waals surface area contributed by atoms with Crippen molar-refractivity contribution in [1.29, 1.82) is 0 Å². The van der Waals surface area contributed by atoms with Gasteiger partial charge in [-0.1, -0.05) is 20.8 Å². The molecule has 3 N–H and O–H groups in total. The molecule has 1 aromatic heterocycles. The zero-order valence-corrected chi connectivity index (χ0v) is 17.2. The molecule has 2 aromatic rings. The molecule has 1 aromatic carbocycles. The highest BCUT2D eigenvalue weighted by molar-refractivity contribution is 7.89. The highest BCUT2D eigenvalue weighted by atomic mass is 32.2. The van der Waals surface area contributed by atoms with Crippen LogP contribution in [-0.2, 0) is 19.6 Å². The minimum Gasteiger partial charge on any atom is -0.448 e. The lowest BCUT2D eigenvalue weighted by molar-refractivity contribution is -0.123. The molecule has 0 radical (unpaired) electrons. The fourth-order valence-corrected chi connectivity index (χ4v) is 2.59. The SMILES string of the molecule is CC(OC(=O)c1ccc(S(N)(=O)=O)o1)C(=O)c1ccc(NC(=O)C(C)(C)C)cc1. The number of hydrogen-bond acceptors (Lipinski definition) is 7. The van der Waals surface area contributed by atoms with E-state index >= 15 is 0 Å². The molecule has 0 aliphatic heterocycles. The van der Waals surface area contributed by atoms with E-state index in [0.29, 0.717) is 5.69 Å². The van der Waals surface area contributed by atoms with E-state index in [2.05, 4.69) is 5.32 Å². The molecular weight excluding hydrogens is 400 g/mol. The number of nitrogens with one attached hydrogen (secondary N) is 1. The monoisotopic (exact) mass is 422 g/mol. The number of primary sulfonamides is 1. The van der Waals surface area contributed by atoms with Gasteiger partial charge in [0.2, 0.25) is 22.5 Å². The smallest absolute Gasteiger partial charge is 0.375 e. The third-order valence-corrected chi connectivity index (χ3v) is 4.60. The summed E-state index contributed by atoms with van der Waals surface area (Å²) in [5, 5.41) is 7.06. The first-order valence-electron chi connectivity index (χ1n) is 8.58. The van der Waals surface area contributed by atoms with Gasteiger partial charge in [-0.25, -0.2) is 18.4 Å². The van der Waals surface area contributed by atoms with E-state index in [1.165, 1.54) is 19.1 Å². The number of rotatable bonds is 6. The van der Waals surface area contributed by atoms with Crippen molar-refractivity contribution in [1.82, 2.24) is 0 Å². The highest BCUT2D eigenvalue weighted by Gasteiger charge is 2.25. The maximum absolute atomic E-state index is 12.5. The number of ether oxygens (including phenoxy) is 1. The van der Waals surface area contributed by atoms with Crippen molar-refractivity contribution in [2.75, 3.05) is 5.32 Å². The maximum Gasteiger partial charge on any atom is 0.375 e. The van der Waals surface area contributed by atoms with Gasteiger partial charge >= 0.3 is 5.97 Å². The summed E-state index contributed by atoms with van der Waals surface area (Å²) in [5.41, 5.74) is 0.229. The fraction of sp³-hybridized carbons (Fsp3) is 0.316. The van der Waals surface area contributed by atoms with Crippen LogP contribution >= 0.6 is 0 Å². The van der Waals surface area contributed by atoms with E-state index in [0.717, 1.165) is 12.1 Å². The van der Waals surface area contributed by atoms with Gasteiger partial charge in [0, 0.05) is 16.7 Å². The van der Waals surface area contributed by atoms with Gasteiger partial charge in [0.25, 0.3) is 10.0 Å². The maximum atomic E-state index is 12.5. The zero-order valence-electron chi connectivity index (χ0n) is 16.4. The molecule has 0 aliphatic carbocycles. The third-order valence-electron chi connectivity index (χ3n) is 3.82. The van der Waals surface area contributed by atoms with E-state index < -0.39 is 44.1 Å². The second kappa shape index (κ2) is 8.18. The number of amides is 1. The van der Waals surface area contributed by atoms with Gasteiger partial charge in [-0.3, -0.25) is 9.59 Å². The normalized spacial score (nSPS) is 12.9. The van der Waals surface area contributed by atoms with E-state index in [9.17, 15) is 22.8 Å². The number of hydrogen-bond donors (Lipinski definition) is 2. The molecule has 1 atom stereocenters. The molecule has 0 spiro atoms. The Kier molecular flexibility index (Phi) is 6.29. The summed E-state index contributed by atoms with van der Waals surface area (Å²) in [6, 6.07) is 8.23. The first-order chi connectivity index (χ1) is 13.3. The van der Waals surface area contributed by atoms with Crippen LogP contribution in [-0.4, -0.2) is 32.2 Å². The zero-order chi connectivity index (χ0) is 22.0. The van der Waals surface area contributed by atoms with Crippen LogP contribution in [0.2, 0.25) is 0 Å². The predicted molar refractivity (Wildman–Crippen MR) is 104 cm³/mol. The Labute approximate surface area is 168 Å². The van der Waals surface area contributed by atoms with Gasteiger partial charge in [-0.2, -0.15) is 0 Å². The van der Waals surface area contributed by atoms with Gasteiger partial charge in [0.1, 0.15) is 0 Å². The van der Waals surface area contributed by atoms with Gasteiger partial charge < -0.3 is 14.5 Å². The van der Waals surface area contributed by atoms with Crippen molar-refractivity contribution in [2.24, 2.45) is 10.6 Å².